The lowest BCUT2D eigenvalue weighted by Crippen LogP contribution is -2.50. The zero-order valence-corrected chi connectivity index (χ0v) is 20.8. The molecular weight excluding hydrogens is 436 g/mol. The van der Waals surface area contributed by atoms with E-state index >= 15 is 0 Å². The molecule has 0 saturated carbocycles. The SMILES string of the molecule is CO[C@H]1OC[C@@H](O[C@H]2OC[C@@H](C)[C@@H](C)[C@H](C)[C@@H]2OC(C)=O)[C@H]2OC(C)(C)OC2[C@@H]1OC(C)=O. The molecule has 0 spiro atoms. The van der Waals surface area contributed by atoms with Gasteiger partial charge in [-0.1, -0.05) is 20.8 Å². The van der Waals surface area contributed by atoms with E-state index in [1.807, 2.05) is 6.92 Å². The number of carbonyl (C=O) groups excluding carboxylic acids is 2. The molecule has 0 N–H and O–H groups in total. The maximum absolute atomic E-state index is 11.9. The number of ether oxygens (including phenoxy) is 8. The Hall–Kier alpha value is -1.30. The van der Waals surface area contributed by atoms with Crippen LogP contribution in [0.5, 0.6) is 0 Å². The van der Waals surface area contributed by atoms with Gasteiger partial charge in [-0.2, -0.15) is 0 Å². The minimum absolute atomic E-state index is 0.00315. The van der Waals surface area contributed by atoms with Gasteiger partial charge < -0.3 is 37.9 Å². The average molecular weight is 475 g/mol. The van der Waals surface area contributed by atoms with Crippen molar-refractivity contribution in [2.24, 2.45) is 17.8 Å². The molecule has 10 nitrogen and oxygen atoms in total. The maximum atomic E-state index is 11.9. The van der Waals surface area contributed by atoms with Crippen LogP contribution in [0.15, 0.2) is 0 Å². The van der Waals surface area contributed by atoms with Crippen LogP contribution in [0.1, 0.15) is 48.5 Å². The predicted octanol–water partition coefficient (Wildman–Crippen LogP) is 2.02. The van der Waals surface area contributed by atoms with Crippen LogP contribution in [0.4, 0.5) is 0 Å². The lowest BCUT2D eigenvalue weighted by molar-refractivity contribution is -0.263. The normalized spacial score (nSPS) is 43.2. The molecule has 3 rings (SSSR count). The number of fused-ring (bicyclic) bond motifs is 1. The molecule has 10 heteroatoms. The highest BCUT2D eigenvalue weighted by Gasteiger charge is 2.56. The van der Waals surface area contributed by atoms with Crippen molar-refractivity contribution in [1.29, 1.82) is 0 Å². The second kappa shape index (κ2) is 10.5. The van der Waals surface area contributed by atoms with E-state index in [9.17, 15) is 9.59 Å². The van der Waals surface area contributed by atoms with Crippen LogP contribution >= 0.6 is 0 Å². The topological polar surface area (TPSA) is 108 Å². The van der Waals surface area contributed by atoms with Crippen molar-refractivity contribution in [1.82, 2.24) is 0 Å². The van der Waals surface area contributed by atoms with Crippen molar-refractivity contribution in [2.75, 3.05) is 20.3 Å². The van der Waals surface area contributed by atoms with E-state index in [-0.39, 0.29) is 24.4 Å². The van der Waals surface area contributed by atoms with E-state index in [4.69, 9.17) is 37.9 Å². The molecule has 10 atom stereocenters. The Morgan fingerprint density at radius 2 is 1.39 bits per heavy atom. The Labute approximate surface area is 195 Å². The summed E-state index contributed by atoms with van der Waals surface area (Å²) in [6.07, 6.45) is -5.16. The smallest absolute Gasteiger partial charge is 0.303 e. The van der Waals surface area contributed by atoms with Gasteiger partial charge in [0.05, 0.1) is 13.2 Å². The fourth-order valence-electron chi connectivity index (χ4n) is 4.73. The minimum atomic E-state index is -0.944. The first-order chi connectivity index (χ1) is 15.4. The van der Waals surface area contributed by atoms with Crippen LogP contribution < -0.4 is 0 Å². The molecule has 0 radical (unpaired) electrons. The molecule has 0 bridgehead atoms. The molecule has 0 aromatic rings. The quantitative estimate of drug-likeness (QED) is 0.549. The summed E-state index contributed by atoms with van der Waals surface area (Å²) >= 11 is 0. The molecule has 190 valence electrons. The molecule has 33 heavy (non-hydrogen) atoms. The summed E-state index contributed by atoms with van der Waals surface area (Å²) in [5.74, 6) is -1.34. The molecule has 3 saturated heterocycles. The lowest BCUT2D eigenvalue weighted by atomic mass is 9.83. The molecule has 0 aromatic carbocycles. The Bertz CT molecular complexity index is 697. The van der Waals surface area contributed by atoms with Gasteiger partial charge in [0.2, 0.25) is 0 Å². The summed E-state index contributed by atoms with van der Waals surface area (Å²) in [6, 6.07) is 0. The van der Waals surface area contributed by atoms with Crippen LogP contribution in [-0.2, 0) is 47.5 Å². The number of rotatable bonds is 5. The van der Waals surface area contributed by atoms with Crippen molar-refractivity contribution < 1.29 is 47.5 Å². The fraction of sp³-hybridized carbons (Fsp3) is 0.913. The van der Waals surface area contributed by atoms with E-state index in [1.165, 1.54) is 21.0 Å². The van der Waals surface area contributed by atoms with Crippen LogP contribution in [-0.4, -0.2) is 81.1 Å². The molecule has 1 unspecified atom stereocenters. The second-order valence-electron chi connectivity index (χ2n) is 9.72. The Morgan fingerprint density at radius 1 is 0.818 bits per heavy atom. The zero-order valence-electron chi connectivity index (χ0n) is 20.8. The molecule has 0 amide bonds. The van der Waals surface area contributed by atoms with Gasteiger partial charge in [0, 0.05) is 26.9 Å². The predicted molar refractivity (Wildman–Crippen MR) is 114 cm³/mol. The van der Waals surface area contributed by atoms with E-state index < -0.39 is 60.8 Å². The van der Waals surface area contributed by atoms with Crippen molar-refractivity contribution in [3.05, 3.63) is 0 Å². The van der Waals surface area contributed by atoms with Crippen LogP contribution in [0.2, 0.25) is 0 Å². The summed E-state index contributed by atoms with van der Waals surface area (Å²) in [6.45, 7) is 13.0. The highest BCUT2D eigenvalue weighted by Crippen LogP contribution is 2.39. The van der Waals surface area contributed by atoms with E-state index in [0.717, 1.165) is 0 Å². The van der Waals surface area contributed by atoms with Crippen molar-refractivity contribution in [2.45, 2.75) is 97.4 Å². The van der Waals surface area contributed by atoms with Gasteiger partial charge in [-0.25, -0.2) is 0 Å². The standard InChI is InChI=1S/C23H38O10/c1-11-9-27-22(17(29-14(4)24)13(3)12(11)2)31-16-10-28-21(26-8)20(30-15(5)25)19-18(16)32-23(6,7)33-19/h11-13,16-22H,9-10H2,1-8H3/t11-,12-,13+,16-,17+,18-,19?,20+,21+,22-/m1/s1. The Balaban J connectivity index is 1.88. The van der Waals surface area contributed by atoms with Gasteiger partial charge in [0.15, 0.2) is 30.6 Å². The van der Waals surface area contributed by atoms with Gasteiger partial charge in [-0.05, 0) is 25.7 Å². The molecule has 3 fully saturated rings. The van der Waals surface area contributed by atoms with Crippen LogP contribution in [0.3, 0.4) is 0 Å². The first-order valence-electron chi connectivity index (χ1n) is 11.5. The van der Waals surface area contributed by atoms with Gasteiger partial charge in [-0.3, -0.25) is 9.59 Å². The van der Waals surface area contributed by atoms with Gasteiger partial charge in [-0.15, -0.1) is 0 Å². The minimum Gasteiger partial charge on any atom is -0.457 e. The summed E-state index contributed by atoms with van der Waals surface area (Å²) in [5, 5.41) is 0. The number of hydrogen-bond acceptors (Lipinski definition) is 10. The summed E-state index contributed by atoms with van der Waals surface area (Å²) in [7, 11) is 1.47. The molecular formula is C23H38O10. The Kier molecular flexibility index (Phi) is 8.40. The third kappa shape index (κ3) is 6.04. The highest BCUT2D eigenvalue weighted by atomic mass is 16.8. The number of methoxy groups -OCH3 is 1. The maximum Gasteiger partial charge on any atom is 0.303 e. The average Bonchev–Trinajstić information content (AvgIpc) is 2.95. The lowest BCUT2D eigenvalue weighted by Gasteiger charge is -2.34. The second-order valence-corrected chi connectivity index (χ2v) is 9.72. The molecule has 3 aliphatic rings. The zero-order chi connectivity index (χ0) is 24.5. The Morgan fingerprint density at radius 3 is 2.00 bits per heavy atom. The molecule has 3 aliphatic heterocycles. The van der Waals surface area contributed by atoms with Gasteiger partial charge >= 0.3 is 11.9 Å². The monoisotopic (exact) mass is 474 g/mol. The van der Waals surface area contributed by atoms with Crippen molar-refractivity contribution in [3.63, 3.8) is 0 Å². The van der Waals surface area contributed by atoms with E-state index in [2.05, 4.69) is 13.8 Å². The first-order valence-corrected chi connectivity index (χ1v) is 11.5. The summed E-state index contributed by atoms with van der Waals surface area (Å²) < 4.78 is 47.3. The molecule has 3 heterocycles. The van der Waals surface area contributed by atoms with E-state index in [0.29, 0.717) is 6.61 Å². The summed E-state index contributed by atoms with van der Waals surface area (Å²) in [5.41, 5.74) is 0. The first kappa shape index (κ1) is 26.3. The third-order valence-electron chi connectivity index (χ3n) is 6.73. The fourth-order valence-corrected chi connectivity index (χ4v) is 4.73. The molecule has 0 aromatic heterocycles. The number of esters is 2. The highest BCUT2D eigenvalue weighted by molar-refractivity contribution is 5.66. The third-order valence-corrected chi connectivity index (χ3v) is 6.73. The number of carbonyl (C=O) groups is 2. The molecule has 0 aliphatic carbocycles. The number of hydrogen-bond donors (Lipinski definition) is 0. The summed E-state index contributed by atoms with van der Waals surface area (Å²) in [4.78, 5) is 23.7. The van der Waals surface area contributed by atoms with Crippen LogP contribution in [0.25, 0.3) is 0 Å². The van der Waals surface area contributed by atoms with Crippen LogP contribution in [0, 0.1) is 17.8 Å². The van der Waals surface area contributed by atoms with Crippen molar-refractivity contribution in [3.8, 4) is 0 Å². The van der Waals surface area contributed by atoms with E-state index in [1.54, 1.807) is 13.8 Å². The van der Waals surface area contributed by atoms with Gasteiger partial charge in [0.25, 0.3) is 0 Å². The largest absolute Gasteiger partial charge is 0.457 e. The van der Waals surface area contributed by atoms with Crippen molar-refractivity contribution >= 4 is 11.9 Å². The van der Waals surface area contributed by atoms with Gasteiger partial charge in [0.1, 0.15) is 18.3 Å².